The van der Waals surface area contributed by atoms with Crippen molar-refractivity contribution in [1.29, 1.82) is 0 Å². The molecule has 0 fully saturated rings. The van der Waals surface area contributed by atoms with E-state index in [9.17, 15) is 10.1 Å². The fourth-order valence-corrected chi connectivity index (χ4v) is 2.09. The van der Waals surface area contributed by atoms with Gasteiger partial charge in [-0.3, -0.25) is 10.1 Å². The number of hydrogen-bond donors (Lipinski definition) is 1. The molecule has 110 valence electrons. The molecule has 0 amide bonds. The third kappa shape index (κ3) is 4.09. The number of rotatable bonds is 6. The molecule has 0 aliphatic rings. The highest BCUT2D eigenvalue weighted by molar-refractivity contribution is 7.98. The van der Waals surface area contributed by atoms with Gasteiger partial charge < -0.3 is 10.1 Å². The Morgan fingerprint density at radius 2 is 2.05 bits per heavy atom. The summed E-state index contributed by atoms with van der Waals surface area (Å²) < 4.78 is 5.59. The lowest BCUT2D eigenvalue weighted by molar-refractivity contribution is -0.384. The van der Waals surface area contributed by atoms with Crippen molar-refractivity contribution >= 4 is 23.3 Å². The molecule has 6 nitrogen and oxygen atoms in total. The van der Waals surface area contributed by atoms with E-state index in [4.69, 9.17) is 4.74 Å². The van der Waals surface area contributed by atoms with Crippen LogP contribution in [0.15, 0.2) is 41.3 Å². The van der Waals surface area contributed by atoms with Gasteiger partial charge in [0.05, 0.1) is 17.1 Å². The summed E-state index contributed by atoms with van der Waals surface area (Å²) >= 11 is 1.63. The number of aromatic nitrogens is 1. The molecule has 1 N–H and O–H groups in total. The lowest BCUT2D eigenvalue weighted by atomic mass is 10.3. The topological polar surface area (TPSA) is 77.3 Å². The van der Waals surface area contributed by atoms with Gasteiger partial charge in [-0.25, -0.2) is 0 Å². The van der Waals surface area contributed by atoms with E-state index in [1.165, 1.54) is 12.1 Å². The monoisotopic (exact) mass is 305 g/mol. The molecule has 2 aromatic rings. The lowest BCUT2D eigenvalue weighted by Gasteiger charge is -2.08. The SMILES string of the molecule is CCNc1cc([N+](=O)[O-])cc(Oc2ccc(SC)cc2)n1. The van der Waals surface area contributed by atoms with Gasteiger partial charge in [-0.1, -0.05) is 0 Å². The second-order valence-corrected chi connectivity index (χ2v) is 4.99. The molecule has 1 heterocycles. The lowest BCUT2D eigenvalue weighted by Crippen LogP contribution is -2.01. The van der Waals surface area contributed by atoms with Gasteiger partial charge in [-0.2, -0.15) is 4.98 Å². The highest BCUT2D eigenvalue weighted by atomic mass is 32.2. The first-order valence-corrected chi connectivity index (χ1v) is 7.57. The minimum Gasteiger partial charge on any atom is -0.439 e. The van der Waals surface area contributed by atoms with Crippen molar-refractivity contribution in [3.05, 3.63) is 46.5 Å². The predicted molar refractivity (Wildman–Crippen MR) is 83.4 cm³/mol. The summed E-state index contributed by atoms with van der Waals surface area (Å²) in [6.45, 7) is 2.51. The molecular weight excluding hydrogens is 290 g/mol. The third-order valence-electron chi connectivity index (χ3n) is 2.64. The average molecular weight is 305 g/mol. The van der Waals surface area contributed by atoms with Crippen LogP contribution in [-0.2, 0) is 0 Å². The Morgan fingerprint density at radius 1 is 1.33 bits per heavy atom. The molecule has 1 aromatic heterocycles. The van der Waals surface area contributed by atoms with E-state index in [1.807, 2.05) is 25.3 Å². The molecule has 0 unspecified atom stereocenters. The Labute approximate surface area is 126 Å². The first kappa shape index (κ1) is 15.1. The van der Waals surface area contributed by atoms with Crippen molar-refractivity contribution < 1.29 is 9.66 Å². The molecule has 0 radical (unpaired) electrons. The number of benzene rings is 1. The Balaban J connectivity index is 2.26. The molecule has 0 spiro atoms. The fourth-order valence-electron chi connectivity index (χ4n) is 1.69. The zero-order valence-electron chi connectivity index (χ0n) is 11.7. The van der Waals surface area contributed by atoms with Crippen LogP contribution in [0.25, 0.3) is 0 Å². The first-order chi connectivity index (χ1) is 10.1. The maximum absolute atomic E-state index is 10.9. The molecule has 0 atom stereocenters. The summed E-state index contributed by atoms with van der Waals surface area (Å²) in [5.41, 5.74) is -0.0586. The van der Waals surface area contributed by atoms with Crippen LogP contribution in [0.3, 0.4) is 0 Å². The maximum Gasteiger partial charge on any atom is 0.278 e. The van der Waals surface area contributed by atoms with Gasteiger partial charge in [0.1, 0.15) is 11.6 Å². The quantitative estimate of drug-likeness (QED) is 0.495. The molecule has 0 bridgehead atoms. The van der Waals surface area contributed by atoms with E-state index in [0.717, 1.165) is 4.90 Å². The standard InChI is InChI=1S/C14H15N3O3S/c1-3-15-13-8-10(17(18)19)9-14(16-13)20-11-4-6-12(21-2)7-5-11/h4-9H,3H2,1-2H3,(H,15,16). The Bertz CT molecular complexity index is 632. The number of anilines is 1. The second-order valence-electron chi connectivity index (χ2n) is 4.11. The van der Waals surface area contributed by atoms with Crippen LogP contribution in [0.4, 0.5) is 11.5 Å². The number of pyridine rings is 1. The zero-order valence-corrected chi connectivity index (χ0v) is 12.5. The number of nitro groups is 1. The van der Waals surface area contributed by atoms with E-state index < -0.39 is 4.92 Å². The Hall–Kier alpha value is -2.28. The molecule has 1 aromatic carbocycles. The predicted octanol–water partition coefficient (Wildman–Crippen LogP) is 3.94. The molecule has 2 rings (SSSR count). The van der Waals surface area contributed by atoms with Gasteiger partial charge in [0, 0.05) is 11.4 Å². The summed E-state index contributed by atoms with van der Waals surface area (Å²) in [5.74, 6) is 1.20. The molecule has 0 aliphatic carbocycles. The van der Waals surface area contributed by atoms with Crippen molar-refractivity contribution in [2.75, 3.05) is 18.1 Å². The van der Waals surface area contributed by atoms with Crippen LogP contribution >= 0.6 is 11.8 Å². The number of ether oxygens (including phenoxy) is 1. The van der Waals surface area contributed by atoms with Crippen molar-refractivity contribution in [2.45, 2.75) is 11.8 Å². The molecule has 7 heteroatoms. The molecule has 0 saturated carbocycles. The second kappa shape index (κ2) is 6.94. The number of thioether (sulfide) groups is 1. The Kier molecular flexibility index (Phi) is 4.99. The largest absolute Gasteiger partial charge is 0.439 e. The Morgan fingerprint density at radius 3 is 2.62 bits per heavy atom. The van der Waals surface area contributed by atoms with Crippen molar-refractivity contribution in [3.63, 3.8) is 0 Å². The first-order valence-electron chi connectivity index (χ1n) is 6.34. The van der Waals surface area contributed by atoms with Crippen molar-refractivity contribution in [2.24, 2.45) is 0 Å². The third-order valence-corrected chi connectivity index (χ3v) is 3.38. The highest BCUT2D eigenvalue weighted by Gasteiger charge is 2.12. The minimum atomic E-state index is -0.466. The summed E-state index contributed by atoms with van der Waals surface area (Å²) in [4.78, 5) is 15.8. The number of nitrogens with one attached hydrogen (secondary N) is 1. The van der Waals surface area contributed by atoms with Crippen LogP contribution in [-0.4, -0.2) is 22.7 Å². The van der Waals surface area contributed by atoms with Gasteiger partial charge >= 0.3 is 0 Å². The van der Waals surface area contributed by atoms with Crippen molar-refractivity contribution in [1.82, 2.24) is 4.98 Å². The summed E-state index contributed by atoms with van der Waals surface area (Å²) in [5, 5.41) is 13.9. The normalized spacial score (nSPS) is 10.2. The van der Waals surface area contributed by atoms with Crippen LogP contribution in [0.2, 0.25) is 0 Å². The van der Waals surface area contributed by atoms with Gasteiger partial charge in [-0.05, 0) is 37.4 Å². The smallest absolute Gasteiger partial charge is 0.278 e. The molecule has 0 aliphatic heterocycles. The zero-order chi connectivity index (χ0) is 15.2. The minimum absolute atomic E-state index is 0.0586. The van der Waals surface area contributed by atoms with Gasteiger partial charge in [0.2, 0.25) is 5.88 Å². The van der Waals surface area contributed by atoms with Gasteiger partial charge in [0.25, 0.3) is 5.69 Å². The maximum atomic E-state index is 10.9. The van der Waals surface area contributed by atoms with Gasteiger partial charge in [-0.15, -0.1) is 11.8 Å². The van der Waals surface area contributed by atoms with Crippen LogP contribution < -0.4 is 10.1 Å². The van der Waals surface area contributed by atoms with Crippen LogP contribution in [0.5, 0.6) is 11.6 Å². The molecular formula is C14H15N3O3S. The average Bonchev–Trinajstić information content (AvgIpc) is 2.48. The highest BCUT2D eigenvalue weighted by Crippen LogP contribution is 2.27. The summed E-state index contributed by atoms with van der Waals surface area (Å²) in [6.07, 6.45) is 1.99. The molecule has 0 saturated heterocycles. The number of hydrogen-bond acceptors (Lipinski definition) is 6. The van der Waals surface area contributed by atoms with E-state index in [-0.39, 0.29) is 11.6 Å². The summed E-state index contributed by atoms with van der Waals surface area (Å²) in [7, 11) is 0. The summed E-state index contributed by atoms with van der Waals surface area (Å²) in [6, 6.07) is 10.1. The molecule has 21 heavy (non-hydrogen) atoms. The van der Waals surface area contributed by atoms with E-state index in [1.54, 1.807) is 23.9 Å². The van der Waals surface area contributed by atoms with E-state index in [0.29, 0.717) is 18.1 Å². The fraction of sp³-hybridized carbons (Fsp3) is 0.214. The van der Waals surface area contributed by atoms with Crippen LogP contribution in [0, 0.1) is 10.1 Å². The van der Waals surface area contributed by atoms with Gasteiger partial charge in [0.15, 0.2) is 0 Å². The van der Waals surface area contributed by atoms with Crippen LogP contribution in [0.1, 0.15) is 6.92 Å². The van der Waals surface area contributed by atoms with E-state index in [2.05, 4.69) is 10.3 Å². The van der Waals surface area contributed by atoms with E-state index >= 15 is 0 Å². The number of nitrogens with zero attached hydrogens (tertiary/aromatic N) is 2. The van der Waals surface area contributed by atoms with Crippen molar-refractivity contribution in [3.8, 4) is 11.6 Å².